The lowest BCUT2D eigenvalue weighted by Gasteiger charge is -2.40. The number of likely N-dealkylation sites (tertiary alicyclic amines) is 1. The second-order valence-electron chi connectivity index (χ2n) is 13.3. The van der Waals surface area contributed by atoms with Crippen LogP contribution in [-0.2, 0) is 20.9 Å². The van der Waals surface area contributed by atoms with Crippen LogP contribution in [0.25, 0.3) is 0 Å². The number of amides is 3. The zero-order valence-electron chi connectivity index (χ0n) is 27.0. The largest absolute Gasteiger partial charge is 0.394 e. The molecule has 3 saturated heterocycles. The number of anilines is 1. The Morgan fingerprint density at radius 1 is 1.09 bits per heavy atom. The predicted octanol–water partition coefficient (Wildman–Crippen LogP) is 5.54. The van der Waals surface area contributed by atoms with Crippen LogP contribution in [0.4, 0.5) is 5.69 Å². The lowest BCUT2D eigenvalue weighted by Crippen LogP contribution is -2.58. The lowest BCUT2D eigenvalue weighted by atomic mass is 9.70. The van der Waals surface area contributed by atoms with Gasteiger partial charge in [0.1, 0.15) is 6.04 Å². The van der Waals surface area contributed by atoms with Crippen molar-refractivity contribution in [3.8, 4) is 0 Å². The van der Waals surface area contributed by atoms with Crippen LogP contribution in [-0.4, -0.2) is 74.4 Å². The van der Waals surface area contributed by atoms with Gasteiger partial charge in [-0.25, -0.2) is 0 Å². The molecule has 3 heterocycles. The molecule has 5 rings (SSSR count). The summed E-state index contributed by atoms with van der Waals surface area (Å²) >= 11 is 1.67. The summed E-state index contributed by atoms with van der Waals surface area (Å²) in [4.78, 5) is 49.5. The number of rotatable bonds is 13. The van der Waals surface area contributed by atoms with E-state index in [0.29, 0.717) is 25.9 Å². The van der Waals surface area contributed by atoms with Gasteiger partial charge in [0.15, 0.2) is 0 Å². The lowest BCUT2D eigenvalue weighted by molar-refractivity contribution is -0.145. The SMILES string of the molecule is C=CCN(Cc1ccccc1)C(=O)[C@@H]1[C@H]2C(=O)N([C@@H](CO)CC(C)C)C(C(=O)N(CC=C)c3cc(C)ccc3C)C23CC[C@H]1S3. The third kappa shape index (κ3) is 5.99. The normalized spacial score (nSPS) is 25.7. The molecule has 2 aromatic carbocycles. The van der Waals surface area contributed by atoms with E-state index < -0.39 is 28.7 Å². The molecule has 8 heteroatoms. The molecule has 3 fully saturated rings. The van der Waals surface area contributed by atoms with Gasteiger partial charge in [-0.05, 0) is 61.8 Å². The standard InChI is InChI=1S/C37H47N3O4S/c1-7-18-38(22-27-12-10-9-11-13-27)34(42)31-30-16-17-37(45-30)32(31)35(43)40(28(23-41)20-24(3)4)33(37)36(44)39(19-8-2)29-21-25(5)14-15-26(29)6/h7-15,21,24,28,30-33,41H,1-2,16-20,22-23H2,3-6H3/t28-,30-,31+,32+,33?,37?/m1/s1. The fourth-order valence-corrected chi connectivity index (χ4v) is 10.1. The van der Waals surface area contributed by atoms with Gasteiger partial charge < -0.3 is 19.8 Å². The highest BCUT2D eigenvalue weighted by atomic mass is 32.2. The molecular formula is C37H47N3O4S. The smallest absolute Gasteiger partial charge is 0.251 e. The Morgan fingerprint density at radius 2 is 1.80 bits per heavy atom. The number of carbonyl (C=O) groups excluding carboxylic acids is 3. The van der Waals surface area contributed by atoms with E-state index in [1.54, 1.807) is 38.6 Å². The third-order valence-electron chi connectivity index (χ3n) is 9.72. The van der Waals surface area contributed by atoms with Crippen molar-refractivity contribution in [1.82, 2.24) is 9.80 Å². The fourth-order valence-electron chi connectivity index (χ4n) is 7.86. The minimum Gasteiger partial charge on any atom is -0.394 e. The topological polar surface area (TPSA) is 81.2 Å². The van der Waals surface area contributed by atoms with Crippen LogP contribution in [0.3, 0.4) is 0 Å². The van der Waals surface area contributed by atoms with E-state index in [4.69, 9.17) is 0 Å². The number of thioether (sulfide) groups is 1. The molecule has 2 aromatic rings. The van der Waals surface area contributed by atoms with E-state index in [1.165, 1.54) is 0 Å². The van der Waals surface area contributed by atoms with Crippen molar-refractivity contribution in [1.29, 1.82) is 0 Å². The van der Waals surface area contributed by atoms with Crippen LogP contribution < -0.4 is 4.90 Å². The maximum absolute atomic E-state index is 15.0. The molecule has 1 spiro atoms. The van der Waals surface area contributed by atoms with Crippen LogP contribution in [0.5, 0.6) is 0 Å². The monoisotopic (exact) mass is 629 g/mol. The summed E-state index contributed by atoms with van der Waals surface area (Å²) < 4.78 is -0.757. The summed E-state index contributed by atoms with van der Waals surface area (Å²) in [5, 5.41) is 10.6. The second-order valence-corrected chi connectivity index (χ2v) is 14.9. The number of aliphatic hydroxyl groups excluding tert-OH is 1. The quantitative estimate of drug-likeness (QED) is 0.295. The highest BCUT2D eigenvalue weighted by molar-refractivity contribution is 8.02. The first-order chi connectivity index (χ1) is 21.6. The predicted molar refractivity (Wildman–Crippen MR) is 182 cm³/mol. The molecule has 2 bridgehead atoms. The average Bonchev–Trinajstić information content (AvgIpc) is 3.67. The molecule has 0 aromatic heterocycles. The number of hydrogen-bond donors (Lipinski definition) is 1. The molecule has 2 unspecified atom stereocenters. The summed E-state index contributed by atoms with van der Waals surface area (Å²) in [6, 6.07) is 14.6. The molecule has 0 saturated carbocycles. The summed E-state index contributed by atoms with van der Waals surface area (Å²) in [6.07, 6.45) is 5.44. The van der Waals surface area contributed by atoms with Gasteiger partial charge >= 0.3 is 0 Å². The van der Waals surface area contributed by atoms with E-state index >= 15 is 4.79 Å². The summed E-state index contributed by atoms with van der Waals surface area (Å²) in [5.41, 5.74) is 3.79. The molecule has 0 radical (unpaired) electrons. The van der Waals surface area contributed by atoms with Gasteiger partial charge in [0.05, 0.1) is 29.2 Å². The van der Waals surface area contributed by atoms with Crippen LogP contribution in [0.1, 0.15) is 49.8 Å². The van der Waals surface area contributed by atoms with Gasteiger partial charge in [-0.1, -0.05) is 68.5 Å². The highest BCUT2D eigenvalue weighted by Crippen LogP contribution is 2.67. The van der Waals surface area contributed by atoms with Crippen molar-refractivity contribution < 1.29 is 19.5 Å². The molecule has 6 atom stereocenters. The van der Waals surface area contributed by atoms with Gasteiger partial charge in [-0.3, -0.25) is 14.4 Å². The Balaban J connectivity index is 1.59. The molecular weight excluding hydrogens is 582 g/mol. The van der Waals surface area contributed by atoms with Crippen molar-refractivity contribution in [3.63, 3.8) is 0 Å². The van der Waals surface area contributed by atoms with Crippen molar-refractivity contribution in [2.24, 2.45) is 17.8 Å². The molecule has 45 heavy (non-hydrogen) atoms. The first-order valence-corrected chi connectivity index (χ1v) is 17.0. The highest BCUT2D eigenvalue weighted by Gasteiger charge is 2.74. The number of nitrogens with zero attached hydrogens (tertiary/aromatic N) is 3. The Hall–Kier alpha value is -3.36. The third-order valence-corrected chi connectivity index (χ3v) is 11.7. The summed E-state index contributed by atoms with van der Waals surface area (Å²) in [7, 11) is 0. The van der Waals surface area contributed by atoms with Crippen LogP contribution in [0.2, 0.25) is 0 Å². The molecule has 3 aliphatic rings. The summed E-state index contributed by atoms with van der Waals surface area (Å²) in [6.45, 7) is 16.8. The number of aliphatic hydroxyl groups is 1. The minimum absolute atomic E-state index is 0.0572. The summed E-state index contributed by atoms with van der Waals surface area (Å²) in [5.74, 6) is -1.41. The number of benzene rings is 2. The van der Waals surface area contributed by atoms with Crippen molar-refractivity contribution in [2.75, 3.05) is 24.6 Å². The average molecular weight is 630 g/mol. The van der Waals surface area contributed by atoms with Crippen molar-refractivity contribution in [2.45, 2.75) is 75.6 Å². The number of aryl methyl sites for hydroxylation is 2. The fraction of sp³-hybridized carbons (Fsp3) is 0.486. The molecule has 0 aliphatic carbocycles. The minimum atomic E-state index is -0.805. The van der Waals surface area contributed by atoms with E-state index in [1.807, 2.05) is 62.4 Å². The van der Waals surface area contributed by atoms with E-state index in [0.717, 1.165) is 28.8 Å². The maximum Gasteiger partial charge on any atom is 0.251 e. The van der Waals surface area contributed by atoms with E-state index in [-0.39, 0.29) is 42.0 Å². The number of fused-ring (bicyclic) bond motifs is 1. The van der Waals surface area contributed by atoms with E-state index in [2.05, 4.69) is 27.0 Å². The number of hydrogen-bond acceptors (Lipinski definition) is 5. The van der Waals surface area contributed by atoms with Crippen molar-refractivity contribution in [3.05, 3.63) is 90.5 Å². The molecule has 7 nitrogen and oxygen atoms in total. The zero-order valence-corrected chi connectivity index (χ0v) is 27.8. The molecule has 3 amide bonds. The first-order valence-electron chi connectivity index (χ1n) is 16.1. The van der Waals surface area contributed by atoms with Gasteiger partial charge in [-0.15, -0.1) is 24.9 Å². The Kier molecular flexibility index (Phi) is 9.94. The second kappa shape index (κ2) is 13.6. The first kappa shape index (κ1) is 33.0. The number of carbonyl (C=O) groups is 3. The van der Waals surface area contributed by atoms with Gasteiger partial charge in [0.2, 0.25) is 11.8 Å². The Labute approximate surface area is 272 Å². The Morgan fingerprint density at radius 3 is 2.44 bits per heavy atom. The maximum atomic E-state index is 15.0. The molecule has 3 aliphatic heterocycles. The van der Waals surface area contributed by atoms with Crippen LogP contribution in [0, 0.1) is 31.6 Å². The van der Waals surface area contributed by atoms with Gasteiger partial charge in [-0.2, -0.15) is 0 Å². The Bertz CT molecular complexity index is 1440. The van der Waals surface area contributed by atoms with Gasteiger partial charge in [0, 0.05) is 30.6 Å². The zero-order chi connectivity index (χ0) is 32.5. The van der Waals surface area contributed by atoms with Gasteiger partial charge in [0.25, 0.3) is 5.91 Å². The van der Waals surface area contributed by atoms with Crippen LogP contribution in [0.15, 0.2) is 73.8 Å². The van der Waals surface area contributed by atoms with E-state index in [9.17, 15) is 14.7 Å². The molecule has 1 N–H and O–H groups in total. The van der Waals surface area contributed by atoms with Crippen molar-refractivity contribution >= 4 is 35.2 Å². The molecule has 240 valence electrons. The van der Waals surface area contributed by atoms with Crippen LogP contribution >= 0.6 is 11.8 Å².